The van der Waals surface area contributed by atoms with Gasteiger partial charge in [-0.05, 0) is 48.6 Å². The molecule has 5 rings (SSSR count). The van der Waals surface area contributed by atoms with E-state index in [2.05, 4.69) is 5.32 Å². The summed E-state index contributed by atoms with van der Waals surface area (Å²) in [4.78, 5) is 28.4. The van der Waals surface area contributed by atoms with E-state index in [-0.39, 0.29) is 29.8 Å². The van der Waals surface area contributed by atoms with Gasteiger partial charge in [0.05, 0.1) is 17.4 Å². The van der Waals surface area contributed by atoms with Gasteiger partial charge in [0.1, 0.15) is 5.82 Å². The summed E-state index contributed by atoms with van der Waals surface area (Å²) in [6, 6.07) is 21.6. The minimum absolute atomic E-state index is 0.0679. The highest BCUT2D eigenvalue weighted by molar-refractivity contribution is 6.06. The highest BCUT2D eigenvalue weighted by Gasteiger charge is 2.41. The number of halogens is 1. The Labute approximate surface area is 192 Å². The molecule has 1 N–H and O–H groups in total. The number of hydrogen-bond acceptors (Lipinski definition) is 3. The smallest absolute Gasteiger partial charge is 0.224 e. The summed E-state index contributed by atoms with van der Waals surface area (Å²) >= 11 is 0. The molecule has 2 unspecified atom stereocenters. The quantitative estimate of drug-likeness (QED) is 0.527. The first-order valence-electron chi connectivity index (χ1n) is 11.2. The molecule has 3 aromatic carbocycles. The van der Waals surface area contributed by atoms with E-state index in [0.29, 0.717) is 17.6 Å². The fraction of sp³-hybridized carbons (Fsp3) is 0.214. The SMILES string of the molecule is CC(=O)N1c2ccccc2NC2=C(C(=O)CC(c3ccccc3F)C2)C1c1ccc(C)cc1. The van der Waals surface area contributed by atoms with Gasteiger partial charge in [0.15, 0.2) is 5.78 Å². The minimum Gasteiger partial charge on any atom is -0.357 e. The number of rotatable bonds is 2. The Morgan fingerprint density at radius 2 is 1.67 bits per heavy atom. The maximum absolute atomic E-state index is 14.6. The summed E-state index contributed by atoms with van der Waals surface area (Å²) in [5, 5.41) is 3.45. The number of ketones is 1. The van der Waals surface area contributed by atoms with Crippen LogP contribution in [0.1, 0.15) is 48.4 Å². The van der Waals surface area contributed by atoms with Gasteiger partial charge >= 0.3 is 0 Å². The molecule has 0 saturated heterocycles. The number of carbonyl (C=O) groups is 2. The highest BCUT2D eigenvalue weighted by atomic mass is 19.1. The van der Waals surface area contributed by atoms with Gasteiger partial charge in [-0.1, -0.05) is 60.2 Å². The maximum Gasteiger partial charge on any atom is 0.224 e. The van der Waals surface area contributed by atoms with Gasteiger partial charge in [0, 0.05) is 24.6 Å². The Morgan fingerprint density at radius 3 is 2.39 bits per heavy atom. The first-order valence-corrected chi connectivity index (χ1v) is 11.2. The van der Waals surface area contributed by atoms with E-state index in [9.17, 15) is 14.0 Å². The Morgan fingerprint density at radius 1 is 0.970 bits per heavy atom. The van der Waals surface area contributed by atoms with Crippen LogP contribution in [0.15, 0.2) is 84.1 Å². The molecule has 4 nitrogen and oxygen atoms in total. The number of hydrogen-bond donors (Lipinski definition) is 1. The van der Waals surface area contributed by atoms with Crippen molar-refractivity contribution in [3.8, 4) is 0 Å². The molecule has 2 atom stereocenters. The van der Waals surface area contributed by atoms with Crippen molar-refractivity contribution in [1.29, 1.82) is 0 Å². The lowest BCUT2D eigenvalue weighted by molar-refractivity contribution is -0.117. The van der Waals surface area contributed by atoms with Crippen LogP contribution in [0.25, 0.3) is 0 Å². The molecule has 5 heteroatoms. The van der Waals surface area contributed by atoms with E-state index < -0.39 is 6.04 Å². The average molecular weight is 441 g/mol. The topological polar surface area (TPSA) is 49.4 Å². The number of aryl methyl sites for hydroxylation is 1. The Balaban J connectivity index is 1.71. The number of Topliss-reactive ketones (excluding diaryl/α,β-unsaturated/α-hetero) is 1. The van der Waals surface area contributed by atoms with Crippen molar-refractivity contribution in [2.75, 3.05) is 10.2 Å². The molecule has 0 saturated carbocycles. The number of nitrogens with zero attached hydrogens (tertiary/aromatic N) is 1. The molecular formula is C28H25FN2O2. The van der Waals surface area contributed by atoms with E-state index in [4.69, 9.17) is 0 Å². The minimum atomic E-state index is -0.552. The Bertz CT molecular complexity index is 1280. The van der Waals surface area contributed by atoms with Gasteiger partial charge in [-0.25, -0.2) is 4.39 Å². The molecule has 0 radical (unpaired) electrons. The van der Waals surface area contributed by atoms with Crippen LogP contribution in [0, 0.1) is 12.7 Å². The van der Waals surface area contributed by atoms with Crippen molar-refractivity contribution in [1.82, 2.24) is 0 Å². The number of fused-ring (bicyclic) bond motifs is 1. The fourth-order valence-corrected chi connectivity index (χ4v) is 5.03. The summed E-state index contributed by atoms with van der Waals surface area (Å²) < 4.78 is 14.6. The van der Waals surface area contributed by atoms with Gasteiger partial charge in [-0.2, -0.15) is 0 Å². The van der Waals surface area contributed by atoms with E-state index in [1.54, 1.807) is 23.1 Å². The zero-order valence-electron chi connectivity index (χ0n) is 18.6. The van der Waals surface area contributed by atoms with Gasteiger partial charge < -0.3 is 5.32 Å². The molecular weight excluding hydrogens is 415 g/mol. The maximum atomic E-state index is 14.6. The predicted octanol–water partition coefficient (Wildman–Crippen LogP) is 6.05. The first-order chi connectivity index (χ1) is 15.9. The molecule has 1 aliphatic heterocycles. The van der Waals surface area contributed by atoms with Gasteiger partial charge in [-0.3, -0.25) is 14.5 Å². The second-order valence-electron chi connectivity index (χ2n) is 8.79. The summed E-state index contributed by atoms with van der Waals surface area (Å²) in [5.74, 6) is -0.775. The highest BCUT2D eigenvalue weighted by Crippen LogP contribution is 2.47. The van der Waals surface area contributed by atoms with Crippen molar-refractivity contribution < 1.29 is 14.0 Å². The molecule has 3 aromatic rings. The summed E-state index contributed by atoms with van der Waals surface area (Å²) in [7, 11) is 0. The number of amides is 1. The molecule has 1 heterocycles. The first kappa shape index (κ1) is 21.1. The predicted molar refractivity (Wildman–Crippen MR) is 128 cm³/mol. The largest absolute Gasteiger partial charge is 0.357 e. The third-order valence-electron chi connectivity index (χ3n) is 6.57. The van der Waals surface area contributed by atoms with Crippen LogP contribution in [0.4, 0.5) is 15.8 Å². The molecule has 0 spiro atoms. The molecule has 33 heavy (non-hydrogen) atoms. The van der Waals surface area contributed by atoms with Crippen LogP contribution in [-0.2, 0) is 9.59 Å². The summed E-state index contributed by atoms with van der Waals surface area (Å²) in [6.45, 7) is 3.53. The molecule has 1 aliphatic carbocycles. The van der Waals surface area contributed by atoms with Crippen LogP contribution in [0.2, 0.25) is 0 Å². The third-order valence-corrected chi connectivity index (χ3v) is 6.57. The number of para-hydroxylation sites is 2. The van der Waals surface area contributed by atoms with Gasteiger partial charge in [0.2, 0.25) is 5.91 Å². The third kappa shape index (κ3) is 3.74. The van der Waals surface area contributed by atoms with E-state index in [1.807, 2.05) is 55.5 Å². The summed E-state index contributed by atoms with van der Waals surface area (Å²) in [6.07, 6.45) is 0.691. The van der Waals surface area contributed by atoms with Crippen LogP contribution in [-0.4, -0.2) is 11.7 Å². The molecule has 166 valence electrons. The molecule has 0 aromatic heterocycles. The molecule has 0 bridgehead atoms. The van der Waals surface area contributed by atoms with Gasteiger partial charge in [0.25, 0.3) is 0 Å². The number of carbonyl (C=O) groups excluding carboxylic acids is 2. The second-order valence-corrected chi connectivity index (χ2v) is 8.79. The number of anilines is 2. The van der Waals surface area contributed by atoms with Crippen molar-refractivity contribution in [3.05, 3.63) is 107 Å². The molecule has 1 amide bonds. The molecule has 0 fully saturated rings. The lowest BCUT2D eigenvalue weighted by atomic mass is 9.78. The normalized spacial score (nSPS) is 20.0. The number of allylic oxidation sites excluding steroid dienone is 1. The van der Waals surface area contributed by atoms with E-state index in [1.165, 1.54) is 13.0 Å². The monoisotopic (exact) mass is 440 g/mol. The Hall–Kier alpha value is -3.73. The van der Waals surface area contributed by atoms with E-state index in [0.717, 1.165) is 28.2 Å². The fourth-order valence-electron chi connectivity index (χ4n) is 5.03. The zero-order chi connectivity index (χ0) is 23.1. The lowest BCUT2D eigenvalue weighted by Gasteiger charge is -2.34. The lowest BCUT2D eigenvalue weighted by Crippen LogP contribution is -2.37. The second kappa shape index (κ2) is 8.32. The van der Waals surface area contributed by atoms with Crippen LogP contribution < -0.4 is 10.2 Å². The zero-order valence-corrected chi connectivity index (χ0v) is 18.6. The van der Waals surface area contributed by atoms with Crippen LogP contribution >= 0.6 is 0 Å². The van der Waals surface area contributed by atoms with Crippen molar-refractivity contribution in [3.63, 3.8) is 0 Å². The van der Waals surface area contributed by atoms with Crippen molar-refractivity contribution in [2.24, 2.45) is 0 Å². The number of benzene rings is 3. The van der Waals surface area contributed by atoms with Crippen molar-refractivity contribution in [2.45, 2.75) is 38.6 Å². The van der Waals surface area contributed by atoms with Gasteiger partial charge in [-0.15, -0.1) is 0 Å². The average Bonchev–Trinajstić information content (AvgIpc) is 2.94. The van der Waals surface area contributed by atoms with Crippen molar-refractivity contribution >= 4 is 23.1 Å². The Kier molecular flexibility index (Phi) is 5.33. The molecule has 2 aliphatic rings. The standard InChI is InChI=1S/C28H25FN2O2/c1-17-11-13-19(14-12-17)28-27-24(30-23-9-5-6-10-25(23)31(28)18(2)32)15-20(16-26(27)33)21-7-3-4-8-22(21)29/h3-14,20,28,30H,15-16H2,1-2H3. The summed E-state index contributed by atoms with van der Waals surface area (Å²) in [5.41, 5.74) is 5.34. The van der Waals surface area contributed by atoms with Crippen LogP contribution in [0.3, 0.4) is 0 Å². The number of nitrogens with one attached hydrogen (secondary N) is 1. The van der Waals surface area contributed by atoms with Crippen LogP contribution in [0.5, 0.6) is 0 Å². The van der Waals surface area contributed by atoms with E-state index >= 15 is 0 Å².